The monoisotopic (exact) mass is 609 g/mol. The Hall–Kier alpha value is -5.62. The predicted molar refractivity (Wildman–Crippen MR) is 179 cm³/mol. The topological polar surface area (TPSA) is 32.6 Å². The van der Waals surface area contributed by atoms with Gasteiger partial charge in [0.25, 0.3) is 0 Å². The molecule has 46 heavy (non-hydrogen) atoms. The van der Waals surface area contributed by atoms with E-state index in [2.05, 4.69) is 47.9 Å². The van der Waals surface area contributed by atoms with E-state index in [9.17, 15) is 8.78 Å². The molecule has 0 spiro atoms. The van der Waals surface area contributed by atoms with Crippen LogP contribution in [0.4, 0.5) is 8.78 Å². The van der Waals surface area contributed by atoms with E-state index in [0.29, 0.717) is 28.4 Å². The van der Waals surface area contributed by atoms with Crippen LogP contribution in [-0.2, 0) is 5.60 Å². The van der Waals surface area contributed by atoms with Crippen molar-refractivity contribution in [2.45, 2.75) is 12.5 Å². The minimum absolute atomic E-state index is 0.357. The van der Waals surface area contributed by atoms with Gasteiger partial charge >= 0.3 is 0 Å². The van der Waals surface area contributed by atoms with E-state index in [-0.39, 0.29) is 11.6 Å². The summed E-state index contributed by atoms with van der Waals surface area (Å²) in [5.74, 6) is 1.07. The molecule has 2 heterocycles. The summed E-state index contributed by atoms with van der Waals surface area (Å²) in [6, 6.07) is 33.2. The van der Waals surface area contributed by atoms with Crippen molar-refractivity contribution in [3.05, 3.63) is 149 Å². The number of hydrogen-bond donors (Lipinski definition) is 0. The van der Waals surface area contributed by atoms with E-state index >= 15 is 0 Å². The summed E-state index contributed by atoms with van der Waals surface area (Å²) >= 11 is 0. The van der Waals surface area contributed by atoms with Gasteiger partial charge < -0.3 is 18.8 Å². The van der Waals surface area contributed by atoms with Gasteiger partial charge in [-0.25, -0.2) is 8.78 Å². The molecule has 4 nitrogen and oxygen atoms in total. The van der Waals surface area contributed by atoms with E-state index in [1.807, 2.05) is 36.4 Å². The summed E-state index contributed by atoms with van der Waals surface area (Å²) in [5, 5.41) is 3.90. The summed E-state index contributed by atoms with van der Waals surface area (Å²) in [6.07, 6.45) is 4.06. The molecule has 0 saturated carbocycles. The molecule has 8 rings (SSSR count). The number of aromatic nitrogens is 1. The Morgan fingerprint density at radius 3 is 1.89 bits per heavy atom. The first kappa shape index (κ1) is 27.9. The van der Waals surface area contributed by atoms with Crippen LogP contribution in [-0.4, -0.2) is 18.8 Å². The summed E-state index contributed by atoms with van der Waals surface area (Å²) in [5.41, 5.74) is 5.30. The van der Waals surface area contributed by atoms with Crippen molar-refractivity contribution in [2.75, 3.05) is 14.2 Å². The van der Waals surface area contributed by atoms with Crippen LogP contribution in [0.2, 0.25) is 0 Å². The largest absolute Gasteiger partial charge is 0.493 e. The highest BCUT2D eigenvalue weighted by molar-refractivity contribution is 6.25. The predicted octanol–water partition coefficient (Wildman–Crippen LogP) is 9.89. The summed E-state index contributed by atoms with van der Waals surface area (Å²) in [7, 11) is 3.24. The number of benzene rings is 6. The molecule has 6 aromatic carbocycles. The molecule has 0 bridgehead atoms. The number of hydrogen-bond acceptors (Lipinski definition) is 3. The van der Waals surface area contributed by atoms with Crippen molar-refractivity contribution in [3.63, 3.8) is 0 Å². The molecule has 0 unspecified atom stereocenters. The fourth-order valence-electron chi connectivity index (χ4n) is 6.83. The Morgan fingerprint density at radius 1 is 0.674 bits per heavy atom. The first-order valence-electron chi connectivity index (χ1n) is 15.0. The minimum Gasteiger partial charge on any atom is -0.493 e. The maximum absolute atomic E-state index is 14.2. The smallest absolute Gasteiger partial charge is 0.178 e. The summed E-state index contributed by atoms with van der Waals surface area (Å²) < 4.78 is 49.5. The minimum atomic E-state index is -1.18. The molecule has 1 aromatic heterocycles. The van der Waals surface area contributed by atoms with Crippen LogP contribution in [0.25, 0.3) is 44.3 Å². The van der Waals surface area contributed by atoms with E-state index in [4.69, 9.17) is 14.2 Å². The van der Waals surface area contributed by atoms with Crippen LogP contribution < -0.4 is 14.2 Å². The van der Waals surface area contributed by atoms with Gasteiger partial charge in [0.05, 0.1) is 25.3 Å². The zero-order valence-corrected chi connectivity index (χ0v) is 25.5. The molecule has 1 aliphatic rings. The van der Waals surface area contributed by atoms with Crippen molar-refractivity contribution in [1.29, 1.82) is 0 Å². The lowest BCUT2D eigenvalue weighted by atomic mass is 9.83. The maximum atomic E-state index is 14.2. The average Bonchev–Trinajstić information content (AvgIpc) is 3.42. The first-order valence-corrected chi connectivity index (χ1v) is 15.0. The zero-order chi connectivity index (χ0) is 31.6. The summed E-state index contributed by atoms with van der Waals surface area (Å²) in [6.45, 7) is 2.09. The van der Waals surface area contributed by atoms with Gasteiger partial charge in [0.1, 0.15) is 17.4 Å². The second-order valence-electron chi connectivity index (χ2n) is 11.6. The standard InChI is InChI=1S/C40H29F2NO3/c1-24-9-18-30-34(21-24)43(29-7-5-4-6-8-29)38-31-19-20-40(25-10-14-27(41)15-11-25,26-12-16-28(42)17-13-26)46-39(31)33-23-36(45-3)35(44-2)22-32(33)37(30)38/h4-23H,1-3H3. The van der Waals surface area contributed by atoms with Gasteiger partial charge in [-0.2, -0.15) is 0 Å². The average molecular weight is 610 g/mol. The molecule has 0 saturated heterocycles. The molecule has 0 aliphatic carbocycles. The third-order valence-electron chi connectivity index (χ3n) is 8.97. The molecular weight excluding hydrogens is 580 g/mol. The van der Waals surface area contributed by atoms with Crippen molar-refractivity contribution in [1.82, 2.24) is 4.57 Å². The molecule has 0 fully saturated rings. The lowest BCUT2D eigenvalue weighted by Gasteiger charge is -2.37. The highest BCUT2D eigenvalue weighted by Gasteiger charge is 2.39. The van der Waals surface area contributed by atoms with Crippen LogP contribution in [0.5, 0.6) is 17.2 Å². The Morgan fingerprint density at radius 2 is 1.28 bits per heavy atom. The third-order valence-corrected chi connectivity index (χ3v) is 8.97. The molecule has 7 aromatic rings. The van der Waals surface area contributed by atoms with Crippen molar-refractivity contribution >= 4 is 38.7 Å². The first-order chi connectivity index (χ1) is 22.4. The van der Waals surface area contributed by atoms with Gasteiger partial charge in [-0.3, -0.25) is 0 Å². The Labute approximate surface area is 264 Å². The number of methoxy groups -OCH3 is 2. The maximum Gasteiger partial charge on any atom is 0.178 e. The van der Waals surface area contributed by atoms with E-state index in [1.54, 1.807) is 38.5 Å². The number of aryl methyl sites for hydroxylation is 1. The van der Waals surface area contributed by atoms with Crippen molar-refractivity contribution < 1.29 is 23.0 Å². The Kier molecular flexibility index (Phi) is 6.36. The van der Waals surface area contributed by atoms with Crippen LogP contribution in [0.15, 0.2) is 115 Å². The highest BCUT2D eigenvalue weighted by atomic mass is 19.1. The van der Waals surface area contributed by atoms with E-state index in [0.717, 1.165) is 49.4 Å². The lowest BCUT2D eigenvalue weighted by Crippen LogP contribution is -2.34. The number of halogens is 2. The molecule has 0 atom stereocenters. The molecule has 0 radical (unpaired) electrons. The fraction of sp³-hybridized carbons (Fsp3) is 0.100. The highest BCUT2D eigenvalue weighted by Crippen LogP contribution is 2.52. The molecule has 0 amide bonds. The normalized spacial score (nSPS) is 13.6. The Bertz CT molecular complexity index is 2280. The van der Waals surface area contributed by atoms with Crippen LogP contribution in [0, 0.1) is 18.6 Å². The van der Waals surface area contributed by atoms with Gasteiger partial charge in [-0.15, -0.1) is 0 Å². The van der Waals surface area contributed by atoms with Gasteiger partial charge in [-0.1, -0.05) is 54.6 Å². The van der Waals surface area contributed by atoms with Crippen LogP contribution >= 0.6 is 0 Å². The second kappa shape index (κ2) is 10.5. The van der Waals surface area contributed by atoms with Gasteiger partial charge in [0.15, 0.2) is 17.1 Å². The number of nitrogens with zero attached hydrogens (tertiary/aromatic N) is 1. The molecular formula is C40H29F2NO3. The Balaban J connectivity index is 1.56. The van der Waals surface area contributed by atoms with Crippen molar-refractivity contribution in [3.8, 4) is 22.9 Å². The third kappa shape index (κ3) is 4.10. The number of fused-ring (bicyclic) bond motifs is 8. The van der Waals surface area contributed by atoms with Crippen LogP contribution in [0.1, 0.15) is 22.3 Å². The van der Waals surface area contributed by atoms with Crippen LogP contribution in [0.3, 0.4) is 0 Å². The number of rotatable bonds is 5. The fourth-order valence-corrected chi connectivity index (χ4v) is 6.83. The summed E-state index contributed by atoms with van der Waals surface area (Å²) in [4.78, 5) is 0. The molecule has 6 heteroatoms. The number of para-hydroxylation sites is 1. The van der Waals surface area contributed by atoms with E-state index in [1.165, 1.54) is 24.3 Å². The van der Waals surface area contributed by atoms with Gasteiger partial charge in [-0.05, 0) is 84.6 Å². The molecule has 1 aliphatic heterocycles. The van der Waals surface area contributed by atoms with Gasteiger partial charge in [0, 0.05) is 38.5 Å². The molecule has 0 N–H and O–H groups in total. The second-order valence-corrected chi connectivity index (χ2v) is 11.6. The quantitative estimate of drug-likeness (QED) is 0.195. The molecule has 226 valence electrons. The van der Waals surface area contributed by atoms with Crippen molar-refractivity contribution in [2.24, 2.45) is 0 Å². The lowest BCUT2D eigenvalue weighted by molar-refractivity contribution is 0.163. The zero-order valence-electron chi connectivity index (χ0n) is 25.5. The van der Waals surface area contributed by atoms with E-state index < -0.39 is 5.60 Å². The van der Waals surface area contributed by atoms with Gasteiger partial charge in [0.2, 0.25) is 0 Å². The number of ether oxygens (including phenoxy) is 3. The SMILES string of the molecule is COc1cc2c3c(c4c(c2cc1OC)c1ccc(C)cc1n4-c1ccccc1)C=CC(c1ccc(F)cc1)(c1ccc(F)cc1)O3.